The van der Waals surface area contributed by atoms with Crippen molar-refractivity contribution in [3.63, 3.8) is 0 Å². The smallest absolute Gasteiger partial charge is 0.265 e. The van der Waals surface area contributed by atoms with Crippen molar-refractivity contribution in [2.45, 2.75) is 46.3 Å². The fraction of sp³-hybridized carbons (Fsp3) is 0.407. The van der Waals surface area contributed by atoms with Gasteiger partial charge < -0.3 is 20.3 Å². The van der Waals surface area contributed by atoms with Crippen LogP contribution in [0.5, 0.6) is 5.75 Å². The first-order chi connectivity index (χ1) is 17.4. The van der Waals surface area contributed by atoms with E-state index in [1.165, 1.54) is 10.6 Å². The summed E-state index contributed by atoms with van der Waals surface area (Å²) in [6.07, 6.45) is 1.60. The average molecular weight is 524 g/mol. The fourth-order valence-electron chi connectivity index (χ4n) is 4.78. The van der Waals surface area contributed by atoms with Gasteiger partial charge in [0.2, 0.25) is 5.91 Å². The Labute approximate surface area is 219 Å². The first-order valence-electron chi connectivity index (χ1n) is 12.2. The first-order valence-corrected chi connectivity index (χ1v) is 12.6. The SMILES string of the molecule is CC1(C)CN(C(=O)Cn2c(=O)c(C(=O)NCc3ccc(Cl)cc3)cc3c4c(cnc32)NC(C)(C)CO4)C1. The topological polar surface area (TPSA) is 106 Å². The lowest BCUT2D eigenvalue weighted by atomic mass is 9.84. The standard InChI is InChI=1S/C27H30ClN5O4/c1-26(2)13-32(14-26)21(34)12-33-23-18(22-20(11-29-23)31-27(3,4)15-37-22)9-19(25(33)36)24(35)30-10-16-5-7-17(28)8-6-16/h5-9,11,31H,10,12-15H2,1-4H3,(H,30,35). The number of nitrogens with one attached hydrogen (secondary N) is 2. The number of carbonyl (C=O) groups excluding carboxylic acids is 2. The van der Waals surface area contributed by atoms with Crippen LogP contribution in [0.2, 0.25) is 5.02 Å². The third kappa shape index (κ3) is 5.00. The monoisotopic (exact) mass is 523 g/mol. The van der Waals surface area contributed by atoms with Crippen LogP contribution in [0.1, 0.15) is 43.6 Å². The molecule has 1 aromatic carbocycles. The van der Waals surface area contributed by atoms with Gasteiger partial charge in [-0.15, -0.1) is 0 Å². The molecule has 0 spiro atoms. The van der Waals surface area contributed by atoms with Crippen LogP contribution in [0, 0.1) is 5.41 Å². The lowest BCUT2D eigenvalue weighted by Gasteiger charge is -2.45. The molecule has 0 unspecified atom stereocenters. The largest absolute Gasteiger partial charge is 0.488 e. The maximum Gasteiger partial charge on any atom is 0.265 e. The van der Waals surface area contributed by atoms with Crippen molar-refractivity contribution >= 4 is 40.1 Å². The highest BCUT2D eigenvalue weighted by atomic mass is 35.5. The van der Waals surface area contributed by atoms with Gasteiger partial charge in [0.25, 0.3) is 11.5 Å². The van der Waals surface area contributed by atoms with E-state index in [1.54, 1.807) is 35.4 Å². The van der Waals surface area contributed by atoms with Crippen LogP contribution in [0.15, 0.2) is 41.3 Å². The van der Waals surface area contributed by atoms with E-state index in [9.17, 15) is 14.4 Å². The summed E-state index contributed by atoms with van der Waals surface area (Å²) >= 11 is 5.95. The minimum absolute atomic E-state index is 0.0513. The van der Waals surface area contributed by atoms with E-state index in [4.69, 9.17) is 16.3 Å². The molecule has 3 aromatic rings. The molecule has 0 bridgehead atoms. The molecule has 0 saturated carbocycles. The van der Waals surface area contributed by atoms with Gasteiger partial charge in [0, 0.05) is 24.7 Å². The zero-order chi connectivity index (χ0) is 26.5. The van der Waals surface area contributed by atoms with Gasteiger partial charge in [-0.3, -0.25) is 19.0 Å². The number of rotatable bonds is 5. The molecule has 10 heteroatoms. The second kappa shape index (κ2) is 9.06. The van der Waals surface area contributed by atoms with Gasteiger partial charge in [-0.1, -0.05) is 37.6 Å². The number of amides is 2. The number of likely N-dealkylation sites (tertiary alicyclic amines) is 1. The number of benzene rings is 1. The highest BCUT2D eigenvalue weighted by Gasteiger charge is 2.37. The summed E-state index contributed by atoms with van der Waals surface area (Å²) in [4.78, 5) is 46.1. The Morgan fingerprint density at radius 3 is 2.54 bits per heavy atom. The number of pyridine rings is 2. The third-order valence-corrected chi connectivity index (χ3v) is 6.86. The number of halogens is 1. The van der Waals surface area contributed by atoms with Crippen LogP contribution in [-0.4, -0.2) is 51.5 Å². The molecule has 2 amide bonds. The highest BCUT2D eigenvalue weighted by molar-refractivity contribution is 6.30. The summed E-state index contributed by atoms with van der Waals surface area (Å²) in [7, 11) is 0. The maximum atomic E-state index is 13.6. The van der Waals surface area contributed by atoms with Gasteiger partial charge in [0.1, 0.15) is 24.4 Å². The second-order valence-electron chi connectivity index (χ2n) is 11.2. The minimum Gasteiger partial charge on any atom is -0.488 e. The van der Waals surface area contributed by atoms with Crippen molar-refractivity contribution < 1.29 is 14.3 Å². The van der Waals surface area contributed by atoms with E-state index in [0.717, 1.165) is 5.56 Å². The third-order valence-electron chi connectivity index (χ3n) is 6.61. The minimum atomic E-state index is -0.578. The van der Waals surface area contributed by atoms with E-state index in [-0.39, 0.29) is 35.5 Å². The predicted molar refractivity (Wildman–Crippen MR) is 142 cm³/mol. The number of ether oxygens (including phenoxy) is 1. The molecule has 2 aliphatic rings. The van der Waals surface area contributed by atoms with E-state index in [2.05, 4.69) is 29.5 Å². The Hall–Kier alpha value is -3.59. The molecule has 1 saturated heterocycles. The van der Waals surface area contributed by atoms with E-state index < -0.39 is 11.5 Å². The van der Waals surface area contributed by atoms with Crippen LogP contribution < -0.4 is 20.9 Å². The summed E-state index contributed by atoms with van der Waals surface area (Å²) in [5.74, 6) is -0.238. The average Bonchev–Trinajstić information content (AvgIpc) is 2.82. The Morgan fingerprint density at radius 2 is 1.86 bits per heavy atom. The number of carbonyl (C=O) groups is 2. The fourth-order valence-corrected chi connectivity index (χ4v) is 4.90. The molecule has 0 aliphatic carbocycles. The molecule has 194 valence electrons. The van der Waals surface area contributed by atoms with Crippen molar-refractivity contribution in [3.05, 3.63) is 63.0 Å². The van der Waals surface area contributed by atoms with Crippen molar-refractivity contribution in [3.8, 4) is 5.75 Å². The number of hydrogen-bond donors (Lipinski definition) is 2. The summed E-state index contributed by atoms with van der Waals surface area (Å²) in [6.45, 7) is 9.80. The van der Waals surface area contributed by atoms with Crippen LogP contribution in [0.25, 0.3) is 11.0 Å². The number of aromatic nitrogens is 2. The lowest BCUT2D eigenvalue weighted by Crippen LogP contribution is -2.56. The molecule has 2 aromatic heterocycles. The van der Waals surface area contributed by atoms with Crippen LogP contribution >= 0.6 is 11.6 Å². The number of hydrogen-bond acceptors (Lipinski definition) is 6. The normalized spacial score (nSPS) is 17.3. The molecule has 2 N–H and O–H groups in total. The summed E-state index contributed by atoms with van der Waals surface area (Å²) in [5.41, 5.74) is 0.881. The van der Waals surface area contributed by atoms with Gasteiger partial charge in [0.05, 0.1) is 22.8 Å². The molecule has 1 fully saturated rings. The maximum absolute atomic E-state index is 13.6. The zero-order valence-electron chi connectivity index (χ0n) is 21.4. The number of fused-ring (bicyclic) bond motifs is 3. The molecule has 5 rings (SSSR count). The number of anilines is 1. The van der Waals surface area contributed by atoms with E-state index in [1.807, 2.05) is 13.8 Å². The van der Waals surface area contributed by atoms with Gasteiger partial charge in [-0.25, -0.2) is 4.98 Å². The Balaban J connectivity index is 1.54. The van der Waals surface area contributed by atoms with Crippen LogP contribution in [-0.2, 0) is 17.9 Å². The van der Waals surface area contributed by atoms with Crippen molar-refractivity contribution in [2.24, 2.45) is 5.41 Å². The van der Waals surface area contributed by atoms with Gasteiger partial charge in [-0.2, -0.15) is 0 Å². The van der Waals surface area contributed by atoms with E-state index in [0.29, 0.717) is 47.2 Å². The lowest BCUT2D eigenvalue weighted by molar-refractivity contribution is -0.142. The summed E-state index contributed by atoms with van der Waals surface area (Å²) in [6, 6.07) is 8.58. The molecular formula is C27H30ClN5O4. The molecule has 0 atom stereocenters. The summed E-state index contributed by atoms with van der Waals surface area (Å²) in [5, 5.41) is 7.28. The second-order valence-corrected chi connectivity index (χ2v) is 11.6. The Kier molecular flexibility index (Phi) is 6.14. The molecular weight excluding hydrogens is 494 g/mol. The molecule has 4 heterocycles. The Morgan fingerprint density at radius 1 is 1.16 bits per heavy atom. The molecule has 37 heavy (non-hydrogen) atoms. The van der Waals surface area contributed by atoms with Crippen molar-refractivity contribution in [2.75, 3.05) is 25.0 Å². The molecule has 9 nitrogen and oxygen atoms in total. The van der Waals surface area contributed by atoms with Gasteiger partial charge >= 0.3 is 0 Å². The zero-order valence-corrected chi connectivity index (χ0v) is 22.1. The van der Waals surface area contributed by atoms with E-state index >= 15 is 0 Å². The Bertz CT molecular complexity index is 1450. The van der Waals surface area contributed by atoms with Gasteiger partial charge in [-0.05, 0) is 43.0 Å². The first kappa shape index (κ1) is 25.1. The predicted octanol–water partition coefficient (Wildman–Crippen LogP) is 3.43. The van der Waals surface area contributed by atoms with Gasteiger partial charge in [0.15, 0.2) is 5.75 Å². The molecule has 2 aliphatic heterocycles. The highest BCUT2D eigenvalue weighted by Crippen LogP contribution is 2.38. The van der Waals surface area contributed by atoms with Crippen LogP contribution in [0.3, 0.4) is 0 Å². The van der Waals surface area contributed by atoms with Crippen molar-refractivity contribution in [1.82, 2.24) is 19.8 Å². The quantitative estimate of drug-likeness (QED) is 0.531. The van der Waals surface area contributed by atoms with Crippen LogP contribution in [0.4, 0.5) is 5.69 Å². The summed E-state index contributed by atoms with van der Waals surface area (Å²) < 4.78 is 7.36. The molecule has 0 radical (unpaired) electrons. The van der Waals surface area contributed by atoms with Crippen molar-refractivity contribution in [1.29, 1.82) is 0 Å². The number of nitrogens with zero attached hydrogens (tertiary/aromatic N) is 3.